The maximum absolute atomic E-state index is 11.4. The molecule has 1 rings (SSSR count). The van der Waals surface area contributed by atoms with Gasteiger partial charge in [0.1, 0.15) is 11.8 Å². The number of carbonyl (C=O) groups is 1. The highest BCUT2D eigenvalue weighted by Gasteiger charge is 2.14. The highest BCUT2D eigenvalue weighted by atomic mass is 16.5. The zero-order chi connectivity index (χ0) is 15.5. The minimum Gasteiger partial charge on any atom is -0.494 e. The topological polar surface area (TPSA) is 110 Å². The number of hydrogen-bond acceptors (Lipinski definition) is 5. The van der Waals surface area contributed by atoms with Crippen molar-refractivity contribution in [1.29, 1.82) is 0 Å². The third-order valence-electron chi connectivity index (χ3n) is 2.70. The normalized spacial score (nSPS) is 11.3. The zero-order valence-corrected chi connectivity index (χ0v) is 12.1. The molecule has 21 heavy (non-hydrogen) atoms. The molecular formula is C14H20N4O3. The third kappa shape index (κ3) is 6.65. The average molecular weight is 292 g/mol. The molecule has 0 spiro atoms. The number of benzene rings is 1. The Kier molecular flexibility index (Phi) is 7.71. The van der Waals surface area contributed by atoms with Gasteiger partial charge in [-0.2, -0.15) is 0 Å². The van der Waals surface area contributed by atoms with Gasteiger partial charge >= 0.3 is 5.97 Å². The number of esters is 1. The summed E-state index contributed by atoms with van der Waals surface area (Å²) in [5, 5.41) is 3.42. The van der Waals surface area contributed by atoms with Crippen molar-refractivity contribution < 1.29 is 14.3 Å². The van der Waals surface area contributed by atoms with Crippen LogP contribution in [0.4, 0.5) is 0 Å². The fourth-order valence-electron chi connectivity index (χ4n) is 1.68. The number of nitrogens with zero attached hydrogens (tertiary/aromatic N) is 3. The van der Waals surface area contributed by atoms with Crippen molar-refractivity contribution in [1.82, 2.24) is 0 Å². The van der Waals surface area contributed by atoms with Gasteiger partial charge in [-0.25, -0.2) is 0 Å². The van der Waals surface area contributed by atoms with E-state index in [1.54, 1.807) is 6.92 Å². The molecule has 0 saturated heterocycles. The molecule has 0 aromatic heterocycles. The van der Waals surface area contributed by atoms with Gasteiger partial charge in [0.2, 0.25) is 0 Å². The lowest BCUT2D eigenvalue weighted by Gasteiger charge is -2.11. The van der Waals surface area contributed by atoms with Crippen LogP contribution < -0.4 is 10.5 Å². The van der Waals surface area contributed by atoms with E-state index in [9.17, 15) is 4.79 Å². The lowest BCUT2D eigenvalue weighted by atomic mass is 10.1. The summed E-state index contributed by atoms with van der Waals surface area (Å²) in [5.41, 5.74) is 14.8. The molecule has 0 aliphatic rings. The summed E-state index contributed by atoms with van der Waals surface area (Å²) in [4.78, 5) is 14.1. The Morgan fingerprint density at radius 2 is 2.14 bits per heavy atom. The number of rotatable bonds is 9. The first-order chi connectivity index (χ1) is 10.2. The van der Waals surface area contributed by atoms with E-state index in [4.69, 9.17) is 20.7 Å². The molecule has 1 atom stereocenters. The lowest BCUT2D eigenvalue weighted by molar-refractivity contribution is -0.144. The van der Waals surface area contributed by atoms with Gasteiger partial charge < -0.3 is 15.2 Å². The Morgan fingerprint density at radius 3 is 2.76 bits per heavy atom. The summed E-state index contributed by atoms with van der Waals surface area (Å²) < 4.78 is 10.4. The SMILES string of the molecule is CCOC(=O)[C@@H](N)Cc1ccc(OCCCN=[N+]=[N-])cc1. The second-order valence-corrected chi connectivity index (χ2v) is 4.36. The van der Waals surface area contributed by atoms with Crippen LogP contribution in [-0.4, -0.2) is 31.8 Å². The summed E-state index contributed by atoms with van der Waals surface area (Å²) in [7, 11) is 0. The lowest BCUT2D eigenvalue weighted by Crippen LogP contribution is -2.34. The molecule has 1 aromatic rings. The average Bonchev–Trinajstić information content (AvgIpc) is 2.49. The molecule has 0 aliphatic heterocycles. The van der Waals surface area contributed by atoms with Gasteiger partial charge in [0.15, 0.2) is 0 Å². The fourth-order valence-corrected chi connectivity index (χ4v) is 1.68. The Hall–Kier alpha value is -2.24. The van der Waals surface area contributed by atoms with Gasteiger partial charge in [0, 0.05) is 11.5 Å². The Bertz CT molecular complexity index is 483. The quantitative estimate of drug-likeness (QED) is 0.247. The smallest absolute Gasteiger partial charge is 0.323 e. The predicted molar refractivity (Wildman–Crippen MR) is 78.9 cm³/mol. The van der Waals surface area contributed by atoms with E-state index < -0.39 is 12.0 Å². The van der Waals surface area contributed by atoms with E-state index >= 15 is 0 Å². The highest BCUT2D eigenvalue weighted by Crippen LogP contribution is 2.13. The van der Waals surface area contributed by atoms with Crippen molar-refractivity contribution in [2.24, 2.45) is 10.8 Å². The molecule has 0 amide bonds. The first-order valence-electron chi connectivity index (χ1n) is 6.82. The largest absolute Gasteiger partial charge is 0.494 e. The molecule has 1 aromatic carbocycles. The maximum atomic E-state index is 11.4. The summed E-state index contributed by atoms with van der Waals surface area (Å²) in [6.07, 6.45) is 1.09. The first kappa shape index (κ1) is 16.8. The number of azide groups is 1. The van der Waals surface area contributed by atoms with E-state index in [0.29, 0.717) is 32.6 Å². The minimum absolute atomic E-state index is 0.329. The van der Waals surface area contributed by atoms with Crippen LogP contribution in [0, 0.1) is 0 Å². The van der Waals surface area contributed by atoms with Crippen molar-refractivity contribution in [3.8, 4) is 5.75 Å². The van der Waals surface area contributed by atoms with Crippen molar-refractivity contribution in [2.75, 3.05) is 19.8 Å². The molecule has 0 saturated carbocycles. The Labute approximate surface area is 123 Å². The zero-order valence-electron chi connectivity index (χ0n) is 12.1. The summed E-state index contributed by atoms with van der Waals surface area (Å²) in [6, 6.07) is 6.71. The molecule has 0 fully saturated rings. The molecule has 0 radical (unpaired) electrons. The second kappa shape index (κ2) is 9.63. The molecular weight excluding hydrogens is 272 g/mol. The van der Waals surface area contributed by atoms with Crippen LogP contribution in [0.1, 0.15) is 18.9 Å². The van der Waals surface area contributed by atoms with Gasteiger partial charge in [-0.3, -0.25) is 4.79 Å². The standard InChI is InChI=1S/C14H20N4O3/c1-2-20-14(19)13(15)10-11-4-6-12(7-5-11)21-9-3-8-17-18-16/h4-7,13H,2-3,8-10,15H2,1H3/t13-/m0/s1. The van der Waals surface area contributed by atoms with Gasteiger partial charge in [0.25, 0.3) is 0 Å². The van der Waals surface area contributed by atoms with E-state index in [1.807, 2.05) is 24.3 Å². The van der Waals surface area contributed by atoms with Gasteiger partial charge in [0.05, 0.1) is 13.2 Å². The van der Waals surface area contributed by atoms with Gasteiger partial charge in [-0.05, 0) is 43.0 Å². The summed E-state index contributed by atoms with van der Waals surface area (Å²) >= 11 is 0. The van der Waals surface area contributed by atoms with Gasteiger partial charge in [-0.1, -0.05) is 17.2 Å². The highest BCUT2D eigenvalue weighted by molar-refractivity contribution is 5.75. The molecule has 0 aliphatic carbocycles. The van der Waals surface area contributed by atoms with Crippen LogP contribution in [0.25, 0.3) is 10.4 Å². The molecule has 0 heterocycles. The number of hydrogen-bond donors (Lipinski definition) is 1. The molecule has 2 N–H and O–H groups in total. The Morgan fingerprint density at radius 1 is 1.43 bits per heavy atom. The van der Waals surface area contributed by atoms with Crippen LogP contribution in [0.2, 0.25) is 0 Å². The predicted octanol–water partition coefficient (Wildman–Crippen LogP) is 2.20. The van der Waals surface area contributed by atoms with E-state index in [2.05, 4.69) is 10.0 Å². The first-order valence-corrected chi connectivity index (χ1v) is 6.82. The van der Waals surface area contributed by atoms with Crippen molar-refractivity contribution >= 4 is 5.97 Å². The number of ether oxygens (including phenoxy) is 2. The second-order valence-electron chi connectivity index (χ2n) is 4.36. The van der Waals surface area contributed by atoms with Crippen molar-refractivity contribution in [3.63, 3.8) is 0 Å². The van der Waals surface area contributed by atoms with Gasteiger partial charge in [-0.15, -0.1) is 0 Å². The Balaban J connectivity index is 2.39. The molecule has 0 bridgehead atoms. The van der Waals surface area contributed by atoms with Crippen LogP contribution in [-0.2, 0) is 16.0 Å². The van der Waals surface area contributed by atoms with Crippen LogP contribution >= 0.6 is 0 Å². The van der Waals surface area contributed by atoms with Crippen LogP contribution in [0.5, 0.6) is 5.75 Å². The van der Waals surface area contributed by atoms with E-state index in [-0.39, 0.29) is 0 Å². The van der Waals surface area contributed by atoms with Crippen molar-refractivity contribution in [3.05, 3.63) is 40.3 Å². The molecule has 7 heteroatoms. The summed E-state index contributed by atoms with van der Waals surface area (Å²) in [5.74, 6) is 0.334. The van der Waals surface area contributed by atoms with E-state index in [1.165, 1.54) is 0 Å². The molecule has 0 unspecified atom stereocenters. The maximum Gasteiger partial charge on any atom is 0.323 e. The fraction of sp³-hybridized carbons (Fsp3) is 0.500. The molecule has 7 nitrogen and oxygen atoms in total. The minimum atomic E-state index is -0.652. The molecule has 114 valence electrons. The monoisotopic (exact) mass is 292 g/mol. The van der Waals surface area contributed by atoms with E-state index in [0.717, 1.165) is 11.3 Å². The summed E-state index contributed by atoms with van der Waals surface area (Å²) in [6.45, 7) is 2.98. The van der Waals surface area contributed by atoms with Crippen molar-refractivity contribution in [2.45, 2.75) is 25.8 Å². The van der Waals surface area contributed by atoms with Crippen LogP contribution in [0.3, 0.4) is 0 Å². The number of carbonyl (C=O) groups excluding carboxylic acids is 1. The number of nitrogens with two attached hydrogens (primary N) is 1. The van der Waals surface area contributed by atoms with Crippen LogP contribution in [0.15, 0.2) is 29.4 Å². The third-order valence-corrected chi connectivity index (χ3v) is 2.70.